The molecule has 1 atom stereocenters. The third-order valence-corrected chi connectivity index (χ3v) is 3.94. The van der Waals surface area contributed by atoms with Crippen molar-refractivity contribution in [3.8, 4) is 5.75 Å². The number of nitrogens with two attached hydrogens (primary N) is 1. The molecule has 6 heteroatoms. The number of nitrogen functional groups attached to an aromatic ring is 1. The molecule has 1 aliphatic rings. The lowest BCUT2D eigenvalue weighted by atomic mass is 10.2. The number of likely N-dealkylation sites (tertiary alicyclic amines) is 1. The second kappa shape index (κ2) is 7.89. The average Bonchev–Trinajstić information content (AvgIpc) is 3.02. The number of amides is 1. The molecule has 1 heterocycles. The number of ether oxygens (including phenoxy) is 1. The van der Waals surface area contributed by atoms with Gasteiger partial charge in [0, 0.05) is 24.8 Å². The third kappa shape index (κ3) is 4.53. The van der Waals surface area contributed by atoms with Crippen LogP contribution >= 0.6 is 0 Å². The van der Waals surface area contributed by atoms with Crippen LogP contribution in [0.15, 0.2) is 18.2 Å². The van der Waals surface area contributed by atoms with E-state index >= 15 is 0 Å². The van der Waals surface area contributed by atoms with Crippen molar-refractivity contribution in [3.63, 3.8) is 0 Å². The maximum absolute atomic E-state index is 12.1. The molecule has 4 N–H and O–H groups in total. The Kier molecular flexibility index (Phi) is 5.89. The predicted octanol–water partition coefficient (Wildman–Crippen LogP) is 1.29. The fourth-order valence-electron chi connectivity index (χ4n) is 2.61. The molecule has 122 valence electrons. The standard InChI is InChI=1S/C16H26N4O2/c1-12(16(21)18-7-10-20-8-3-4-9-20)19-13-5-6-14(17)15(11-13)22-2/h5-6,11-12,19H,3-4,7-10,17H2,1-2H3,(H,18,21)/t12-/m1/s1. The van der Waals surface area contributed by atoms with Crippen LogP contribution in [-0.2, 0) is 4.79 Å². The average molecular weight is 306 g/mol. The zero-order valence-electron chi connectivity index (χ0n) is 13.4. The summed E-state index contributed by atoms with van der Waals surface area (Å²) in [6, 6.07) is 5.08. The van der Waals surface area contributed by atoms with Crippen molar-refractivity contribution in [2.45, 2.75) is 25.8 Å². The number of hydrogen-bond acceptors (Lipinski definition) is 5. The minimum Gasteiger partial charge on any atom is -0.495 e. The minimum atomic E-state index is -0.313. The van der Waals surface area contributed by atoms with Crippen LogP contribution in [0.25, 0.3) is 0 Å². The normalized spacial score (nSPS) is 16.3. The number of carbonyl (C=O) groups excluding carboxylic acids is 1. The number of nitrogens with one attached hydrogen (secondary N) is 2. The summed E-state index contributed by atoms with van der Waals surface area (Å²) in [6.45, 7) is 5.75. The van der Waals surface area contributed by atoms with Gasteiger partial charge in [0.15, 0.2) is 0 Å². The highest BCUT2D eigenvalue weighted by Crippen LogP contribution is 2.25. The van der Waals surface area contributed by atoms with Crippen molar-refractivity contribution in [2.24, 2.45) is 0 Å². The van der Waals surface area contributed by atoms with E-state index in [9.17, 15) is 4.79 Å². The van der Waals surface area contributed by atoms with Gasteiger partial charge in [-0.2, -0.15) is 0 Å². The number of hydrogen-bond donors (Lipinski definition) is 3. The molecule has 1 aliphatic heterocycles. The van der Waals surface area contributed by atoms with Crippen LogP contribution in [0.3, 0.4) is 0 Å². The Labute approximate surface area is 132 Å². The molecule has 0 aliphatic carbocycles. The second-order valence-electron chi connectivity index (χ2n) is 5.66. The summed E-state index contributed by atoms with van der Waals surface area (Å²) in [5.74, 6) is 0.599. The quantitative estimate of drug-likeness (QED) is 0.662. The molecule has 2 rings (SSSR count). The molecule has 0 bridgehead atoms. The van der Waals surface area contributed by atoms with Gasteiger partial charge in [0.1, 0.15) is 11.8 Å². The Bertz CT molecular complexity index is 501. The van der Waals surface area contributed by atoms with Gasteiger partial charge in [0.25, 0.3) is 0 Å². The summed E-state index contributed by atoms with van der Waals surface area (Å²) < 4.78 is 5.18. The summed E-state index contributed by atoms with van der Waals surface area (Å²) in [7, 11) is 1.57. The largest absolute Gasteiger partial charge is 0.495 e. The first-order valence-electron chi connectivity index (χ1n) is 7.80. The van der Waals surface area contributed by atoms with Crippen molar-refractivity contribution >= 4 is 17.3 Å². The molecule has 1 aromatic rings. The molecule has 0 unspecified atom stereocenters. The summed E-state index contributed by atoms with van der Waals surface area (Å²) in [4.78, 5) is 14.5. The predicted molar refractivity (Wildman–Crippen MR) is 89.2 cm³/mol. The Morgan fingerprint density at radius 3 is 2.82 bits per heavy atom. The Morgan fingerprint density at radius 1 is 1.41 bits per heavy atom. The van der Waals surface area contributed by atoms with Crippen LogP contribution < -0.4 is 21.1 Å². The first-order valence-corrected chi connectivity index (χ1v) is 7.80. The molecule has 1 fully saturated rings. The van der Waals surface area contributed by atoms with Crippen molar-refractivity contribution in [1.29, 1.82) is 0 Å². The molecule has 1 amide bonds. The fourth-order valence-corrected chi connectivity index (χ4v) is 2.61. The molecule has 0 spiro atoms. The molecule has 1 saturated heterocycles. The van der Waals surface area contributed by atoms with Gasteiger partial charge < -0.3 is 26.0 Å². The van der Waals surface area contributed by atoms with Gasteiger partial charge in [-0.05, 0) is 45.0 Å². The monoisotopic (exact) mass is 306 g/mol. The minimum absolute atomic E-state index is 0.00464. The van der Waals surface area contributed by atoms with Gasteiger partial charge in [0.2, 0.25) is 5.91 Å². The lowest BCUT2D eigenvalue weighted by Gasteiger charge is -2.18. The van der Waals surface area contributed by atoms with Crippen molar-refractivity contribution in [3.05, 3.63) is 18.2 Å². The topological polar surface area (TPSA) is 79.6 Å². The van der Waals surface area contributed by atoms with E-state index in [1.54, 1.807) is 19.2 Å². The van der Waals surface area contributed by atoms with E-state index in [0.29, 0.717) is 18.0 Å². The van der Waals surface area contributed by atoms with Crippen LogP contribution in [-0.4, -0.2) is 50.1 Å². The first kappa shape index (κ1) is 16.4. The molecule has 0 aromatic heterocycles. The van der Waals surface area contributed by atoms with Gasteiger partial charge in [-0.15, -0.1) is 0 Å². The van der Waals surface area contributed by atoms with Crippen LogP contribution in [0.4, 0.5) is 11.4 Å². The van der Waals surface area contributed by atoms with Crippen LogP contribution in [0.5, 0.6) is 5.75 Å². The van der Waals surface area contributed by atoms with Crippen LogP contribution in [0.1, 0.15) is 19.8 Å². The number of anilines is 2. The Balaban J connectivity index is 1.77. The summed E-state index contributed by atoms with van der Waals surface area (Å²) >= 11 is 0. The van der Waals surface area contributed by atoms with Gasteiger partial charge >= 0.3 is 0 Å². The molecular weight excluding hydrogens is 280 g/mol. The van der Waals surface area contributed by atoms with E-state index in [0.717, 1.165) is 25.3 Å². The maximum Gasteiger partial charge on any atom is 0.242 e. The number of benzene rings is 1. The molecule has 6 nitrogen and oxygen atoms in total. The lowest BCUT2D eigenvalue weighted by Crippen LogP contribution is -2.41. The highest BCUT2D eigenvalue weighted by Gasteiger charge is 2.15. The molecule has 0 saturated carbocycles. The van der Waals surface area contributed by atoms with E-state index < -0.39 is 0 Å². The smallest absolute Gasteiger partial charge is 0.242 e. The van der Waals surface area contributed by atoms with E-state index in [1.165, 1.54) is 12.8 Å². The van der Waals surface area contributed by atoms with Crippen LogP contribution in [0, 0.1) is 0 Å². The van der Waals surface area contributed by atoms with Gasteiger partial charge in [-0.1, -0.05) is 0 Å². The lowest BCUT2D eigenvalue weighted by molar-refractivity contribution is -0.121. The highest BCUT2D eigenvalue weighted by atomic mass is 16.5. The summed E-state index contributed by atoms with van der Waals surface area (Å²) in [5, 5.41) is 6.13. The molecular formula is C16H26N4O2. The summed E-state index contributed by atoms with van der Waals surface area (Å²) in [5.41, 5.74) is 7.17. The molecule has 22 heavy (non-hydrogen) atoms. The maximum atomic E-state index is 12.1. The van der Waals surface area contributed by atoms with Crippen molar-refractivity contribution in [1.82, 2.24) is 10.2 Å². The number of methoxy groups -OCH3 is 1. The van der Waals surface area contributed by atoms with Gasteiger partial charge in [0.05, 0.1) is 12.8 Å². The van der Waals surface area contributed by atoms with E-state index in [4.69, 9.17) is 10.5 Å². The van der Waals surface area contributed by atoms with Crippen LogP contribution in [0.2, 0.25) is 0 Å². The van der Waals surface area contributed by atoms with E-state index in [-0.39, 0.29) is 11.9 Å². The zero-order valence-corrected chi connectivity index (χ0v) is 13.4. The summed E-state index contributed by atoms with van der Waals surface area (Å²) in [6.07, 6.45) is 2.54. The molecule has 0 radical (unpaired) electrons. The Hall–Kier alpha value is -1.95. The third-order valence-electron chi connectivity index (χ3n) is 3.94. The fraction of sp³-hybridized carbons (Fsp3) is 0.562. The second-order valence-corrected chi connectivity index (χ2v) is 5.66. The van der Waals surface area contributed by atoms with Crippen molar-refractivity contribution in [2.75, 3.05) is 44.3 Å². The van der Waals surface area contributed by atoms with E-state index in [1.807, 2.05) is 13.0 Å². The van der Waals surface area contributed by atoms with Crippen molar-refractivity contribution < 1.29 is 9.53 Å². The SMILES string of the molecule is COc1cc(N[C@H](C)C(=O)NCCN2CCCC2)ccc1N. The Morgan fingerprint density at radius 2 is 2.14 bits per heavy atom. The highest BCUT2D eigenvalue weighted by molar-refractivity contribution is 5.84. The number of rotatable bonds is 7. The first-order chi connectivity index (χ1) is 10.6. The van der Waals surface area contributed by atoms with Gasteiger partial charge in [-0.3, -0.25) is 4.79 Å². The van der Waals surface area contributed by atoms with Gasteiger partial charge in [-0.25, -0.2) is 0 Å². The zero-order chi connectivity index (χ0) is 15.9. The van der Waals surface area contributed by atoms with E-state index in [2.05, 4.69) is 15.5 Å². The number of carbonyl (C=O) groups is 1. The number of nitrogens with zero attached hydrogens (tertiary/aromatic N) is 1. The molecule has 1 aromatic carbocycles.